The van der Waals surface area contributed by atoms with Crippen LogP contribution < -0.4 is 5.43 Å². The standard InChI is InChI=1S/C15H13BrN4O4/c1-9-7-11(3-5-13(9)16)10(2)17-18-14-6-4-12(19(21)22)8-15(14)20(23)24/h3-8,18H,1-2H3. The highest BCUT2D eigenvalue weighted by molar-refractivity contribution is 9.10. The predicted molar refractivity (Wildman–Crippen MR) is 94.5 cm³/mol. The summed E-state index contributed by atoms with van der Waals surface area (Å²) in [6.07, 6.45) is 0. The Kier molecular flexibility index (Phi) is 5.24. The maximum atomic E-state index is 11.1. The van der Waals surface area contributed by atoms with Gasteiger partial charge in [-0.3, -0.25) is 25.7 Å². The van der Waals surface area contributed by atoms with Gasteiger partial charge in [-0.1, -0.05) is 22.0 Å². The van der Waals surface area contributed by atoms with E-state index in [4.69, 9.17) is 0 Å². The van der Waals surface area contributed by atoms with Crippen molar-refractivity contribution in [2.45, 2.75) is 13.8 Å². The Balaban J connectivity index is 2.31. The summed E-state index contributed by atoms with van der Waals surface area (Å²) in [6, 6.07) is 9.02. The van der Waals surface area contributed by atoms with E-state index >= 15 is 0 Å². The Morgan fingerprint density at radius 1 is 1.12 bits per heavy atom. The maximum absolute atomic E-state index is 11.1. The molecule has 8 nitrogen and oxygen atoms in total. The van der Waals surface area contributed by atoms with E-state index in [1.54, 1.807) is 6.92 Å². The first-order chi connectivity index (χ1) is 11.3. The number of nitrogens with one attached hydrogen (secondary N) is 1. The van der Waals surface area contributed by atoms with Crippen LogP contribution in [-0.2, 0) is 0 Å². The fourth-order valence-corrected chi connectivity index (χ4v) is 2.20. The molecule has 0 spiro atoms. The first-order valence-corrected chi connectivity index (χ1v) is 7.58. The highest BCUT2D eigenvalue weighted by atomic mass is 79.9. The van der Waals surface area contributed by atoms with Crippen molar-refractivity contribution in [2.75, 3.05) is 5.43 Å². The van der Waals surface area contributed by atoms with Gasteiger partial charge in [-0.05, 0) is 43.2 Å². The lowest BCUT2D eigenvalue weighted by atomic mass is 10.1. The van der Waals surface area contributed by atoms with Crippen LogP contribution in [0.4, 0.5) is 17.1 Å². The lowest BCUT2D eigenvalue weighted by Gasteiger charge is -2.06. The molecule has 9 heteroatoms. The first-order valence-electron chi connectivity index (χ1n) is 6.79. The van der Waals surface area contributed by atoms with Crippen molar-refractivity contribution in [3.63, 3.8) is 0 Å². The van der Waals surface area contributed by atoms with Crippen LogP contribution in [0.5, 0.6) is 0 Å². The third-order valence-corrected chi connectivity index (χ3v) is 4.20. The molecule has 2 aromatic rings. The molecule has 1 N–H and O–H groups in total. The minimum absolute atomic E-state index is 0.0822. The Morgan fingerprint density at radius 2 is 1.83 bits per heavy atom. The molecule has 24 heavy (non-hydrogen) atoms. The number of nitrogens with zero attached hydrogens (tertiary/aromatic N) is 3. The van der Waals surface area contributed by atoms with E-state index in [1.165, 1.54) is 12.1 Å². The molecule has 0 aliphatic heterocycles. The number of hydrazone groups is 1. The van der Waals surface area contributed by atoms with E-state index in [9.17, 15) is 20.2 Å². The first kappa shape index (κ1) is 17.5. The van der Waals surface area contributed by atoms with E-state index in [0.29, 0.717) is 5.71 Å². The summed E-state index contributed by atoms with van der Waals surface area (Å²) >= 11 is 3.41. The zero-order valence-corrected chi connectivity index (χ0v) is 14.4. The monoisotopic (exact) mass is 392 g/mol. The molecule has 0 aromatic heterocycles. The van der Waals surface area contributed by atoms with Gasteiger partial charge in [0.25, 0.3) is 5.69 Å². The average Bonchev–Trinajstić information content (AvgIpc) is 2.54. The predicted octanol–water partition coefficient (Wildman–Crippen LogP) is 4.41. The number of benzene rings is 2. The zero-order chi connectivity index (χ0) is 17.9. The van der Waals surface area contributed by atoms with Crippen LogP contribution in [0.15, 0.2) is 46.0 Å². The summed E-state index contributed by atoms with van der Waals surface area (Å²) in [7, 11) is 0. The number of aryl methyl sites for hydroxylation is 1. The van der Waals surface area contributed by atoms with Crippen LogP contribution in [0, 0.1) is 27.2 Å². The van der Waals surface area contributed by atoms with Gasteiger partial charge in [0.2, 0.25) is 0 Å². The topological polar surface area (TPSA) is 111 Å². The van der Waals surface area contributed by atoms with Gasteiger partial charge in [-0.2, -0.15) is 5.10 Å². The molecule has 0 aliphatic rings. The van der Waals surface area contributed by atoms with Crippen molar-refractivity contribution >= 4 is 38.7 Å². The number of nitro groups is 2. The summed E-state index contributed by atoms with van der Waals surface area (Å²) in [5.74, 6) is 0. The Bertz CT molecular complexity index is 851. The quantitative estimate of drug-likeness (QED) is 0.460. The van der Waals surface area contributed by atoms with E-state index in [2.05, 4.69) is 26.5 Å². The number of nitro benzene ring substituents is 2. The summed E-state index contributed by atoms with van der Waals surface area (Å²) in [5, 5.41) is 25.9. The van der Waals surface area contributed by atoms with Gasteiger partial charge in [0.15, 0.2) is 0 Å². The maximum Gasteiger partial charge on any atom is 0.301 e. The van der Waals surface area contributed by atoms with Gasteiger partial charge in [0.05, 0.1) is 21.6 Å². The highest BCUT2D eigenvalue weighted by Gasteiger charge is 2.19. The summed E-state index contributed by atoms with van der Waals surface area (Å²) < 4.78 is 0.970. The van der Waals surface area contributed by atoms with Crippen LogP contribution in [0.1, 0.15) is 18.1 Å². The third-order valence-electron chi connectivity index (χ3n) is 3.31. The second kappa shape index (κ2) is 7.18. The second-order valence-corrected chi connectivity index (χ2v) is 5.84. The summed E-state index contributed by atoms with van der Waals surface area (Å²) in [5.41, 5.74) is 4.44. The average molecular weight is 393 g/mol. The molecule has 0 bridgehead atoms. The summed E-state index contributed by atoms with van der Waals surface area (Å²) in [6.45, 7) is 3.70. The van der Waals surface area contributed by atoms with Crippen molar-refractivity contribution in [3.8, 4) is 0 Å². The Morgan fingerprint density at radius 3 is 2.42 bits per heavy atom. The molecule has 124 valence electrons. The normalized spacial score (nSPS) is 11.2. The van der Waals surface area contributed by atoms with Gasteiger partial charge < -0.3 is 0 Å². The molecule has 0 radical (unpaired) electrons. The molecule has 0 saturated carbocycles. The van der Waals surface area contributed by atoms with Gasteiger partial charge in [0, 0.05) is 10.5 Å². The third kappa shape index (κ3) is 3.93. The SMILES string of the molecule is CC(=NNc1ccc([N+](=O)[O-])cc1[N+](=O)[O-])c1ccc(Br)c(C)c1. The van der Waals surface area contributed by atoms with E-state index in [0.717, 1.165) is 21.7 Å². The molecule has 2 rings (SSSR count). The van der Waals surface area contributed by atoms with Crippen molar-refractivity contribution < 1.29 is 9.85 Å². The van der Waals surface area contributed by atoms with Crippen LogP contribution >= 0.6 is 15.9 Å². The smallest absolute Gasteiger partial charge is 0.271 e. The zero-order valence-electron chi connectivity index (χ0n) is 12.8. The fraction of sp³-hybridized carbons (Fsp3) is 0.133. The molecule has 0 fully saturated rings. The largest absolute Gasteiger partial charge is 0.301 e. The molecule has 0 unspecified atom stereocenters. The van der Waals surface area contributed by atoms with Crippen LogP contribution in [0.25, 0.3) is 0 Å². The minimum Gasteiger partial charge on any atom is -0.271 e. The number of hydrogen-bond acceptors (Lipinski definition) is 6. The minimum atomic E-state index is -0.691. The van der Waals surface area contributed by atoms with Gasteiger partial charge in [-0.25, -0.2) is 0 Å². The number of anilines is 1. The van der Waals surface area contributed by atoms with E-state index < -0.39 is 15.5 Å². The van der Waals surface area contributed by atoms with E-state index in [1.807, 2.05) is 25.1 Å². The molecule has 0 heterocycles. The molecule has 0 saturated heterocycles. The number of non-ortho nitro benzene ring substituents is 1. The molecule has 0 atom stereocenters. The molecule has 0 amide bonds. The lowest BCUT2D eigenvalue weighted by Crippen LogP contribution is -2.02. The van der Waals surface area contributed by atoms with Crippen molar-refractivity contribution in [1.29, 1.82) is 0 Å². The number of halogens is 1. The van der Waals surface area contributed by atoms with Gasteiger partial charge in [0.1, 0.15) is 5.69 Å². The lowest BCUT2D eigenvalue weighted by molar-refractivity contribution is -0.393. The fourth-order valence-electron chi connectivity index (χ4n) is 1.96. The molecular weight excluding hydrogens is 380 g/mol. The van der Waals surface area contributed by atoms with Crippen LogP contribution in [0.2, 0.25) is 0 Å². The molecule has 0 aliphatic carbocycles. The molecular formula is C15H13BrN4O4. The van der Waals surface area contributed by atoms with Crippen LogP contribution in [0.3, 0.4) is 0 Å². The number of rotatable bonds is 5. The van der Waals surface area contributed by atoms with Crippen LogP contribution in [-0.4, -0.2) is 15.6 Å². The van der Waals surface area contributed by atoms with Gasteiger partial charge >= 0.3 is 5.69 Å². The van der Waals surface area contributed by atoms with Gasteiger partial charge in [-0.15, -0.1) is 0 Å². The van der Waals surface area contributed by atoms with Crippen molar-refractivity contribution in [1.82, 2.24) is 0 Å². The highest BCUT2D eigenvalue weighted by Crippen LogP contribution is 2.29. The Labute approximate surface area is 145 Å². The van der Waals surface area contributed by atoms with Crippen molar-refractivity contribution in [3.05, 3.63) is 72.2 Å². The summed E-state index contributed by atoms with van der Waals surface area (Å²) in [4.78, 5) is 20.4. The molecule has 2 aromatic carbocycles. The van der Waals surface area contributed by atoms with E-state index in [-0.39, 0.29) is 11.4 Å². The van der Waals surface area contributed by atoms with Crippen molar-refractivity contribution in [2.24, 2.45) is 5.10 Å². The Hall–Kier alpha value is -2.81. The number of hydrogen-bond donors (Lipinski definition) is 1. The second-order valence-electron chi connectivity index (χ2n) is 4.99.